The van der Waals surface area contributed by atoms with Gasteiger partial charge in [0.05, 0.1) is 5.56 Å². The van der Waals surface area contributed by atoms with Crippen LogP contribution in [-0.2, 0) is 0 Å². The molecule has 0 bridgehead atoms. The van der Waals surface area contributed by atoms with Gasteiger partial charge in [0.1, 0.15) is 6.17 Å². The van der Waals surface area contributed by atoms with E-state index in [9.17, 15) is 4.79 Å². The first-order chi connectivity index (χ1) is 9.16. The van der Waals surface area contributed by atoms with E-state index in [2.05, 4.69) is 10.6 Å². The average molecular weight is 273 g/mol. The second-order valence-electron chi connectivity index (χ2n) is 4.57. The van der Waals surface area contributed by atoms with Gasteiger partial charge in [-0.2, -0.15) is 0 Å². The Bertz CT molecular complexity index is 634. The molecule has 1 aliphatic rings. The maximum absolute atomic E-state index is 12.1. The Labute approximate surface area is 116 Å². The predicted octanol–water partition coefficient (Wildman–Crippen LogP) is 3.50. The van der Waals surface area contributed by atoms with E-state index in [4.69, 9.17) is 11.6 Å². The first-order valence-electron chi connectivity index (χ1n) is 6.08. The number of halogens is 1. The number of benzene rings is 2. The largest absolute Gasteiger partial charge is 0.361 e. The van der Waals surface area contributed by atoms with Crippen LogP contribution in [0, 0.1) is 6.92 Å². The molecule has 1 heterocycles. The molecule has 3 nitrogen and oxygen atoms in total. The molecular formula is C15H13ClN2O. The van der Waals surface area contributed by atoms with Crippen molar-refractivity contribution in [2.45, 2.75) is 13.1 Å². The molecule has 2 aromatic carbocycles. The van der Waals surface area contributed by atoms with E-state index < -0.39 is 0 Å². The van der Waals surface area contributed by atoms with Crippen LogP contribution in [0.5, 0.6) is 0 Å². The van der Waals surface area contributed by atoms with Gasteiger partial charge in [0, 0.05) is 16.3 Å². The normalized spacial score (nSPS) is 17.4. The Morgan fingerprint density at radius 1 is 1.05 bits per heavy atom. The van der Waals surface area contributed by atoms with Crippen molar-refractivity contribution >= 4 is 23.2 Å². The maximum atomic E-state index is 12.1. The van der Waals surface area contributed by atoms with E-state index in [1.54, 1.807) is 6.07 Å². The van der Waals surface area contributed by atoms with Crippen LogP contribution in [0.4, 0.5) is 5.69 Å². The number of fused-ring (bicyclic) bond motifs is 1. The number of aryl methyl sites for hydroxylation is 1. The van der Waals surface area contributed by atoms with Gasteiger partial charge >= 0.3 is 0 Å². The van der Waals surface area contributed by atoms with Gasteiger partial charge in [0.25, 0.3) is 5.91 Å². The summed E-state index contributed by atoms with van der Waals surface area (Å²) in [4.78, 5) is 12.1. The average Bonchev–Trinajstić information content (AvgIpc) is 2.38. The SMILES string of the molecule is Cc1cccc(Cl)c1C1NC(=O)c2ccccc2N1. The number of nitrogens with one attached hydrogen (secondary N) is 2. The third-order valence-electron chi connectivity index (χ3n) is 3.31. The smallest absolute Gasteiger partial charge is 0.255 e. The number of amides is 1. The number of carbonyl (C=O) groups excluding carboxylic acids is 1. The molecule has 0 saturated heterocycles. The van der Waals surface area contributed by atoms with Crippen molar-refractivity contribution in [2.24, 2.45) is 0 Å². The summed E-state index contributed by atoms with van der Waals surface area (Å²) in [5.74, 6) is -0.0846. The van der Waals surface area contributed by atoms with Gasteiger partial charge in [0.15, 0.2) is 0 Å². The summed E-state index contributed by atoms with van der Waals surface area (Å²) in [5.41, 5.74) is 3.44. The van der Waals surface area contributed by atoms with Gasteiger partial charge in [-0.3, -0.25) is 4.79 Å². The van der Waals surface area contributed by atoms with Crippen LogP contribution in [0.1, 0.15) is 27.7 Å². The van der Waals surface area contributed by atoms with Crippen LogP contribution in [0.2, 0.25) is 5.02 Å². The summed E-state index contributed by atoms with van der Waals surface area (Å²) in [7, 11) is 0. The number of hydrogen-bond donors (Lipinski definition) is 2. The number of hydrogen-bond acceptors (Lipinski definition) is 2. The van der Waals surface area contributed by atoms with Crippen molar-refractivity contribution in [3.8, 4) is 0 Å². The number of carbonyl (C=O) groups is 1. The summed E-state index contributed by atoms with van der Waals surface area (Å²) < 4.78 is 0. The standard InChI is InChI=1S/C15H13ClN2O/c1-9-5-4-7-11(16)13(9)14-17-12-8-3-2-6-10(12)15(19)18-14/h2-8,14,17H,1H3,(H,18,19). The maximum Gasteiger partial charge on any atom is 0.255 e. The van der Waals surface area contributed by atoms with E-state index in [1.165, 1.54) is 0 Å². The van der Waals surface area contributed by atoms with Crippen LogP contribution in [-0.4, -0.2) is 5.91 Å². The van der Waals surface area contributed by atoms with Crippen molar-refractivity contribution in [1.82, 2.24) is 5.32 Å². The first-order valence-corrected chi connectivity index (χ1v) is 6.46. The molecule has 2 N–H and O–H groups in total. The monoisotopic (exact) mass is 272 g/mol. The topological polar surface area (TPSA) is 41.1 Å². The van der Waals surface area contributed by atoms with Crippen LogP contribution in [0.3, 0.4) is 0 Å². The van der Waals surface area contributed by atoms with E-state index >= 15 is 0 Å². The Kier molecular flexibility index (Phi) is 2.91. The van der Waals surface area contributed by atoms with Crippen LogP contribution in [0.15, 0.2) is 42.5 Å². The van der Waals surface area contributed by atoms with Crippen LogP contribution >= 0.6 is 11.6 Å². The molecule has 96 valence electrons. The van der Waals surface area contributed by atoms with E-state index in [0.717, 1.165) is 16.8 Å². The summed E-state index contributed by atoms with van der Waals surface area (Å²) in [6, 6.07) is 13.2. The molecule has 4 heteroatoms. The van der Waals surface area contributed by atoms with Gasteiger partial charge in [-0.15, -0.1) is 0 Å². The minimum Gasteiger partial charge on any atom is -0.361 e. The minimum atomic E-state index is -0.295. The van der Waals surface area contributed by atoms with Crippen LogP contribution in [0.25, 0.3) is 0 Å². The molecule has 19 heavy (non-hydrogen) atoms. The second kappa shape index (κ2) is 4.59. The molecule has 1 amide bonds. The highest BCUT2D eigenvalue weighted by Crippen LogP contribution is 2.31. The fourth-order valence-electron chi connectivity index (χ4n) is 2.36. The van der Waals surface area contributed by atoms with Gasteiger partial charge in [-0.25, -0.2) is 0 Å². The van der Waals surface area contributed by atoms with Gasteiger partial charge in [0.2, 0.25) is 0 Å². The number of para-hydroxylation sites is 1. The lowest BCUT2D eigenvalue weighted by molar-refractivity contribution is 0.0935. The molecule has 0 radical (unpaired) electrons. The highest BCUT2D eigenvalue weighted by molar-refractivity contribution is 6.31. The lowest BCUT2D eigenvalue weighted by Crippen LogP contribution is -2.38. The lowest BCUT2D eigenvalue weighted by Gasteiger charge is -2.29. The van der Waals surface area contributed by atoms with E-state index in [1.807, 2.05) is 43.3 Å². The lowest BCUT2D eigenvalue weighted by atomic mass is 10.0. The Morgan fingerprint density at radius 3 is 2.63 bits per heavy atom. The quantitative estimate of drug-likeness (QED) is 0.834. The van der Waals surface area contributed by atoms with Gasteiger partial charge < -0.3 is 10.6 Å². The van der Waals surface area contributed by atoms with Crippen molar-refractivity contribution in [3.05, 3.63) is 64.2 Å². The van der Waals surface area contributed by atoms with Gasteiger partial charge in [-0.1, -0.05) is 35.9 Å². The summed E-state index contributed by atoms with van der Waals surface area (Å²) >= 11 is 6.25. The number of rotatable bonds is 1. The fraction of sp³-hybridized carbons (Fsp3) is 0.133. The molecule has 0 spiro atoms. The molecule has 3 rings (SSSR count). The predicted molar refractivity (Wildman–Crippen MR) is 76.5 cm³/mol. The van der Waals surface area contributed by atoms with E-state index in [-0.39, 0.29) is 12.1 Å². The third-order valence-corrected chi connectivity index (χ3v) is 3.64. The molecule has 0 fully saturated rings. The van der Waals surface area contributed by atoms with Crippen LogP contribution < -0.4 is 10.6 Å². The van der Waals surface area contributed by atoms with Crippen molar-refractivity contribution in [3.63, 3.8) is 0 Å². The van der Waals surface area contributed by atoms with Crippen molar-refractivity contribution in [2.75, 3.05) is 5.32 Å². The zero-order valence-electron chi connectivity index (χ0n) is 10.4. The number of anilines is 1. The minimum absolute atomic E-state index is 0.0846. The molecule has 1 aliphatic heterocycles. The third kappa shape index (κ3) is 2.06. The molecule has 0 aliphatic carbocycles. The Hall–Kier alpha value is -2.00. The molecule has 0 aromatic heterocycles. The zero-order chi connectivity index (χ0) is 13.4. The highest BCUT2D eigenvalue weighted by Gasteiger charge is 2.26. The first kappa shape index (κ1) is 12.1. The molecule has 2 aromatic rings. The highest BCUT2D eigenvalue weighted by atomic mass is 35.5. The summed E-state index contributed by atoms with van der Waals surface area (Å²) in [6.45, 7) is 1.98. The Balaban J connectivity index is 2.04. The Morgan fingerprint density at radius 2 is 1.84 bits per heavy atom. The molecular weight excluding hydrogens is 260 g/mol. The summed E-state index contributed by atoms with van der Waals surface area (Å²) in [5, 5.41) is 6.90. The zero-order valence-corrected chi connectivity index (χ0v) is 11.2. The molecule has 0 saturated carbocycles. The molecule has 1 unspecified atom stereocenters. The molecule has 1 atom stereocenters. The summed E-state index contributed by atoms with van der Waals surface area (Å²) in [6.07, 6.45) is -0.295. The van der Waals surface area contributed by atoms with Gasteiger partial charge in [-0.05, 0) is 30.7 Å². The second-order valence-corrected chi connectivity index (χ2v) is 4.97. The fourth-order valence-corrected chi connectivity index (χ4v) is 2.69. The van der Waals surface area contributed by atoms with E-state index in [0.29, 0.717) is 10.6 Å². The van der Waals surface area contributed by atoms with Crippen molar-refractivity contribution in [1.29, 1.82) is 0 Å². The van der Waals surface area contributed by atoms with Crippen molar-refractivity contribution < 1.29 is 4.79 Å².